The number of thioether (sulfide) groups is 1. The first kappa shape index (κ1) is 22.6. The molecule has 4 unspecified atom stereocenters. The third kappa shape index (κ3) is 5.23. The van der Waals surface area contributed by atoms with Gasteiger partial charge in [0.25, 0.3) is 0 Å². The number of rotatable bonds is 6. The molecular weight excluding hydrogens is 424 g/mol. The molecule has 0 saturated carbocycles. The zero-order valence-corrected chi connectivity index (χ0v) is 18.6. The van der Waals surface area contributed by atoms with Crippen LogP contribution in [0.3, 0.4) is 0 Å². The van der Waals surface area contributed by atoms with Crippen LogP contribution in [0.4, 0.5) is 0 Å². The molecule has 0 amide bonds. The lowest BCUT2D eigenvalue weighted by molar-refractivity contribution is 0.127. The third-order valence-electron chi connectivity index (χ3n) is 5.32. The molecular formula is C25H26N2O4S. The van der Waals surface area contributed by atoms with Crippen molar-refractivity contribution < 1.29 is 20.1 Å². The molecule has 4 atom stereocenters. The summed E-state index contributed by atoms with van der Waals surface area (Å²) in [6, 6.07) is 15.7. The van der Waals surface area contributed by atoms with Gasteiger partial charge in [-0.1, -0.05) is 36.1 Å². The maximum atomic E-state index is 9.91. The smallest absolute Gasteiger partial charge is 0.138 e. The van der Waals surface area contributed by atoms with Crippen LogP contribution in [0, 0.1) is 11.8 Å². The number of ether oxygens (including phenoxy) is 1. The average molecular weight is 451 g/mol. The van der Waals surface area contributed by atoms with E-state index in [-0.39, 0.29) is 11.9 Å². The number of benzene rings is 2. The predicted molar refractivity (Wildman–Crippen MR) is 124 cm³/mol. The molecule has 3 N–H and O–H groups in total. The first-order valence-corrected chi connectivity index (χ1v) is 11.4. The maximum absolute atomic E-state index is 9.91. The molecule has 166 valence electrons. The molecule has 1 aromatic heterocycles. The van der Waals surface area contributed by atoms with Gasteiger partial charge in [0, 0.05) is 22.9 Å². The van der Waals surface area contributed by atoms with Crippen molar-refractivity contribution in [1.82, 2.24) is 9.55 Å². The summed E-state index contributed by atoms with van der Waals surface area (Å²) in [5.74, 6) is 6.65. The van der Waals surface area contributed by atoms with E-state index >= 15 is 0 Å². The Kier molecular flexibility index (Phi) is 7.30. The van der Waals surface area contributed by atoms with E-state index in [1.165, 1.54) is 0 Å². The number of aliphatic hydroxyl groups is 3. The van der Waals surface area contributed by atoms with Crippen LogP contribution in [0.5, 0.6) is 0 Å². The van der Waals surface area contributed by atoms with Gasteiger partial charge in [-0.3, -0.25) is 0 Å². The van der Waals surface area contributed by atoms with Crippen molar-refractivity contribution in [3.63, 3.8) is 0 Å². The summed E-state index contributed by atoms with van der Waals surface area (Å²) in [7, 11) is 0. The molecule has 1 fully saturated rings. The van der Waals surface area contributed by atoms with Crippen LogP contribution >= 0.6 is 11.8 Å². The molecule has 1 aliphatic heterocycles. The highest BCUT2D eigenvalue weighted by atomic mass is 32.2. The molecule has 4 rings (SSSR count). The molecule has 1 aliphatic rings. The van der Waals surface area contributed by atoms with Crippen molar-refractivity contribution in [3.8, 4) is 23.0 Å². The van der Waals surface area contributed by atoms with E-state index in [2.05, 4.69) is 41.1 Å². The first-order valence-electron chi connectivity index (χ1n) is 10.5. The van der Waals surface area contributed by atoms with Gasteiger partial charge in [0.15, 0.2) is 0 Å². The largest absolute Gasteiger partial charge is 0.393 e. The van der Waals surface area contributed by atoms with Crippen LogP contribution in [0.25, 0.3) is 11.1 Å². The number of nitrogens with zero attached hydrogens (tertiary/aromatic N) is 2. The molecule has 6 nitrogen and oxygen atoms in total. The fraction of sp³-hybridized carbons (Fsp3) is 0.320. The minimum Gasteiger partial charge on any atom is -0.393 e. The lowest BCUT2D eigenvalue weighted by Gasteiger charge is -2.14. The monoisotopic (exact) mass is 450 g/mol. The molecule has 0 bridgehead atoms. The third-order valence-corrected chi connectivity index (χ3v) is 6.62. The Balaban J connectivity index is 1.44. The number of imidazole rings is 1. The Hall–Kier alpha value is -2.60. The van der Waals surface area contributed by atoms with Gasteiger partial charge < -0.3 is 24.6 Å². The van der Waals surface area contributed by atoms with Crippen LogP contribution in [0.2, 0.25) is 0 Å². The van der Waals surface area contributed by atoms with Crippen LogP contribution in [-0.4, -0.2) is 56.0 Å². The van der Waals surface area contributed by atoms with Gasteiger partial charge in [-0.2, -0.15) is 0 Å². The zero-order chi connectivity index (χ0) is 22.5. The summed E-state index contributed by atoms with van der Waals surface area (Å²) in [6.45, 7) is 2.45. The normalized spacial score (nSPS) is 19.9. The average Bonchev–Trinajstić information content (AvgIpc) is 3.45. The lowest BCUT2D eigenvalue weighted by Crippen LogP contribution is -2.19. The van der Waals surface area contributed by atoms with E-state index in [1.807, 2.05) is 24.3 Å². The minimum absolute atomic E-state index is 0.0837. The summed E-state index contributed by atoms with van der Waals surface area (Å²) >= 11 is 1.64. The summed E-state index contributed by atoms with van der Waals surface area (Å²) < 4.78 is 7.01. The van der Waals surface area contributed by atoms with E-state index in [4.69, 9.17) is 4.74 Å². The molecule has 2 aromatic carbocycles. The Bertz CT molecular complexity index is 1080. The van der Waals surface area contributed by atoms with E-state index in [9.17, 15) is 15.3 Å². The summed E-state index contributed by atoms with van der Waals surface area (Å²) in [6.07, 6.45) is 2.16. The van der Waals surface area contributed by atoms with Crippen LogP contribution in [0.15, 0.2) is 65.8 Å². The molecule has 0 spiro atoms. The molecule has 0 radical (unpaired) electrons. The Morgan fingerprint density at radius 1 is 1.12 bits per heavy atom. The van der Waals surface area contributed by atoms with E-state index in [1.54, 1.807) is 35.6 Å². The van der Waals surface area contributed by atoms with E-state index in [0.717, 1.165) is 21.6 Å². The number of aliphatic hydroxyl groups excluding tert-OH is 3. The van der Waals surface area contributed by atoms with Crippen LogP contribution in [0.1, 0.15) is 30.5 Å². The number of hydrogen-bond donors (Lipinski definition) is 3. The number of hydrogen-bond acceptors (Lipinski definition) is 6. The Morgan fingerprint density at radius 2 is 1.81 bits per heavy atom. The van der Waals surface area contributed by atoms with E-state index in [0.29, 0.717) is 19.0 Å². The quantitative estimate of drug-likeness (QED) is 0.501. The molecule has 0 aliphatic carbocycles. The molecule has 32 heavy (non-hydrogen) atoms. The fourth-order valence-electron chi connectivity index (χ4n) is 3.56. The van der Waals surface area contributed by atoms with Gasteiger partial charge in [0.2, 0.25) is 0 Å². The van der Waals surface area contributed by atoms with Gasteiger partial charge in [0.1, 0.15) is 18.0 Å². The van der Waals surface area contributed by atoms with Gasteiger partial charge in [0.05, 0.1) is 31.2 Å². The molecule has 2 heterocycles. The first-order chi connectivity index (χ1) is 15.5. The minimum atomic E-state index is -0.735. The van der Waals surface area contributed by atoms with Crippen molar-refractivity contribution >= 4 is 11.8 Å². The molecule has 1 saturated heterocycles. The maximum Gasteiger partial charge on any atom is 0.138 e. The summed E-state index contributed by atoms with van der Waals surface area (Å²) in [5.41, 5.74) is 3.03. The van der Waals surface area contributed by atoms with Crippen molar-refractivity contribution in [1.29, 1.82) is 0 Å². The lowest BCUT2D eigenvalue weighted by atomic mass is 10.0. The second-order valence-electron chi connectivity index (χ2n) is 7.70. The summed E-state index contributed by atoms with van der Waals surface area (Å²) in [4.78, 5) is 5.25. The van der Waals surface area contributed by atoms with Gasteiger partial charge in [-0.15, -0.1) is 11.8 Å². The highest BCUT2D eigenvalue weighted by molar-refractivity contribution is 8.00. The van der Waals surface area contributed by atoms with Crippen LogP contribution in [-0.2, 0) is 4.74 Å². The fourth-order valence-corrected chi connectivity index (χ4v) is 4.61. The second kappa shape index (κ2) is 10.3. The van der Waals surface area contributed by atoms with Crippen molar-refractivity contribution in [2.45, 2.75) is 35.3 Å². The SMILES string of the molecule is CC(O)c1nccn1C(C#Cc1ccc(-c2ccc(SC3COCC3O)cc2)cc1)CO. The van der Waals surface area contributed by atoms with Crippen molar-refractivity contribution in [2.75, 3.05) is 19.8 Å². The van der Waals surface area contributed by atoms with Crippen molar-refractivity contribution in [2.24, 2.45) is 0 Å². The molecule has 7 heteroatoms. The van der Waals surface area contributed by atoms with Gasteiger partial charge in [-0.25, -0.2) is 4.98 Å². The second-order valence-corrected chi connectivity index (χ2v) is 9.01. The highest BCUT2D eigenvalue weighted by Crippen LogP contribution is 2.30. The Morgan fingerprint density at radius 3 is 2.41 bits per heavy atom. The zero-order valence-electron chi connectivity index (χ0n) is 17.8. The van der Waals surface area contributed by atoms with Crippen LogP contribution < -0.4 is 0 Å². The molecule has 3 aromatic rings. The van der Waals surface area contributed by atoms with E-state index < -0.39 is 18.2 Å². The highest BCUT2D eigenvalue weighted by Gasteiger charge is 2.26. The Labute approximate surface area is 191 Å². The number of aromatic nitrogens is 2. The van der Waals surface area contributed by atoms with Gasteiger partial charge >= 0.3 is 0 Å². The van der Waals surface area contributed by atoms with Gasteiger partial charge in [-0.05, 0) is 42.3 Å². The topological polar surface area (TPSA) is 87.7 Å². The van der Waals surface area contributed by atoms with Crippen molar-refractivity contribution in [3.05, 3.63) is 72.3 Å². The predicted octanol–water partition coefficient (Wildman–Crippen LogP) is 3.04. The summed E-state index contributed by atoms with van der Waals surface area (Å²) in [5, 5.41) is 29.6. The standard InChI is InChI=1S/C25H26N2O4S/c1-17(29)25-26-12-13-27(25)21(14-28)9-4-18-2-5-19(6-3-18)20-7-10-22(11-8-20)32-24-16-31-15-23(24)30/h2-3,5-8,10-13,17,21,23-24,28-30H,14-16H2,1H3.